The Labute approximate surface area is 192 Å². The summed E-state index contributed by atoms with van der Waals surface area (Å²) in [7, 11) is 0. The maximum absolute atomic E-state index is 15.3. The molecule has 0 bridgehead atoms. The number of fused-ring (bicyclic) bond motifs is 1. The molecule has 1 aliphatic rings. The van der Waals surface area contributed by atoms with Crippen molar-refractivity contribution in [3.05, 3.63) is 78.3 Å². The van der Waals surface area contributed by atoms with Gasteiger partial charge in [0.05, 0.1) is 0 Å². The fourth-order valence-electron chi connectivity index (χ4n) is 4.85. The van der Waals surface area contributed by atoms with Crippen molar-refractivity contribution in [1.82, 2.24) is 24.6 Å². The van der Waals surface area contributed by atoms with Gasteiger partial charge >= 0.3 is 0 Å². The lowest BCUT2D eigenvalue weighted by Gasteiger charge is -2.36. The summed E-state index contributed by atoms with van der Waals surface area (Å²) in [5.41, 5.74) is 3.20. The van der Waals surface area contributed by atoms with Gasteiger partial charge in [0.15, 0.2) is 0 Å². The van der Waals surface area contributed by atoms with Crippen LogP contribution in [0.1, 0.15) is 36.8 Å². The first-order chi connectivity index (χ1) is 16.1. The molecule has 1 N–H and O–H groups in total. The van der Waals surface area contributed by atoms with Crippen LogP contribution in [-0.2, 0) is 12.8 Å². The molecule has 0 saturated carbocycles. The molecule has 0 aliphatic carbocycles. The van der Waals surface area contributed by atoms with Crippen molar-refractivity contribution in [3.63, 3.8) is 0 Å². The molecule has 4 aromatic rings. The van der Waals surface area contributed by atoms with E-state index >= 15 is 4.39 Å². The number of aryl methyl sites for hydroxylation is 2. The van der Waals surface area contributed by atoms with Gasteiger partial charge in [0.1, 0.15) is 24.1 Å². The number of rotatable bonds is 8. The van der Waals surface area contributed by atoms with Crippen molar-refractivity contribution in [2.24, 2.45) is 0 Å². The molecule has 0 radical (unpaired) electrons. The normalized spacial score (nSPS) is 16.4. The third kappa shape index (κ3) is 5.14. The zero-order chi connectivity index (χ0) is 22.7. The first-order valence-electron chi connectivity index (χ1n) is 11.7. The largest absolute Gasteiger partial charge is 0.361 e. The molecular formula is C26H29F2N5. The number of benzene rings is 2. The number of H-pyrrole nitrogens is 1. The Morgan fingerprint density at radius 1 is 1.00 bits per heavy atom. The SMILES string of the molecule is Fc1cccc(CCC2(F)CCN(CCCc3c[nH]c4ccc(-n5cnnc5)cc34)CC2)c1. The fraction of sp³-hybridized carbons (Fsp3) is 0.385. The van der Waals surface area contributed by atoms with Crippen LogP contribution in [0.5, 0.6) is 0 Å². The van der Waals surface area contributed by atoms with Crippen molar-refractivity contribution in [1.29, 1.82) is 0 Å². The van der Waals surface area contributed by atoms with E-state index in [9.17, 15) is 4.39 Å². The van der Waals surface area contributed by atoms with Crippen LogP contribution in [0.15, 0.2) is 61.3 Å². The number of aromatic nitrogens is 4. The minimum atomic E-state index is -1.14. The topological polar surface area (TPSA) is 49.7 Å². The monoisotopic (exact) mass is 449 g/mol. The van der Waals surface area contributed by atoms with E-state index in [0.29, 0.717) is 25.7 Å². The highest BCUT2D eigenvalue weighted by molar-refractivity contribution is 5.85. The van der Waals surface area contributed by atoms with Gasteiger partial charge in [-0.15, -0.1) is 10.2 Å². The Kier molecular flexibility index (Phi) is 6.22. The van der Waals surface area contributed by atoms with Crippen LogP contribution in [0.3, 0.4) is 0 Å². The Morgan fingerprint density at radius 2 is 1.82 bits per heavy atom. The summed E-state index contributed by atoms with van der Waals surface area (Å²) in [6.07, 6.45) is 9.67. The molecule has 5 rings (SSSR count). The molecule has 3 heterocycles. The predicted octanol–water partition coefficient (Wildman–Crippen LogP) is 5.26. The number of halogens is 2. The summed E-state index contributed by atoms with van der Waals surface area (Å²) in [4.78, 5) is 5.74. The van der Waals surface area contributed by atoms with Gasteiger partial charge in [0.2, 0.25) is 0 Å². The van der Waals surface area contributed by atoms with E-state index < -0.39 is 5.67 Å². The van der Waals surface area contributed by atoms with Crippen LogP contribution in [0, 0.1) is 5.82 Å². The lowest BCUT2D eigenvalue weighted by molar-refractivity contribution is 0.0508. The Morgan fingerprint density at radius 3 is 2.61 bits per heavy atom. The zero-order valence-electron chi connectivity index (χ0n) is 18.7. The van der Waals surface area contributed by atoms with Crippen molar-refractivity contribution in [3.8, 4) is 5.69 Å². The number of hydrogen-bond donors (Lipinski definition) is 1. The van der Waals surface area contributed by atoms with E-state index in [2.05, 4.69) is 44.5 Å². The summed E-state index contributed by atoms with van der Waals surface area (Å²) >= 11 is 0. The molecule has 0 unspecified atom stereocenters. The van der Waals surface area contributed by atoms with E-state index in [4.69, 9.17) is 0 Å². The van der Waals surface area contributed by atoms with Gasteiger partial charge < -0.3 is 9.88 Å². The predicted molar refractivity (Wildman–Crippen MR) is 126 cm³/mol. The highest BCUT2D eigenvalue weighted by Gasteiger charge is 2.33. The zero-order valence-corrected chi connectivity index (χ0v) is 18.7. The number of likely N-dealkylation sites (tertiary alicyclic amines) is 1. The highest BCUT2D eigenvalue weighted by Crippen LogP contribution is 2.32. The summed E-state index contributed by atoms with van der Waals surface area (Å²) in [5, 5.41) is 9.00. The number of hydrogen-bond acceptors (Lipinski definition) is 3. The van der Waals surface area contributed by atoms with Gasteiger partial charge in [-0.25, -0.2) is 8.78 Å². The van der Waals surface area contributed by atoms with Crippen LogP contribution >= 0.6 is 0 Å². The molecule has 7 heteroatoms. The molecule has 33 heavy (non-hydrogen) atoms. The first-order valence-corrected chi connectivity index (χ1v) is 11.7. The van der Waals surface area contributed by atoms with Crippen LogP contribution in [0.25, 0.3) is 16.6 Å². The number of alkyl halides is 1. The van der Waals surface area contributed by atoms with Gasteiger partial charge in [0, 0.05) is 35.9 Å². The molecule has 0 spiro atoms. The molecule has 1 fully saturated rings. The van der Waals surface area contributed by atoms with E-state index in [1.807, 2.05) is 10.6 Å². The van der Waals surface area contributed by atoms with Crippen molar-refractivity contribution < 1.29 is 8.78 Å². The molecule has 1 aliphatic heterocycles. The Balaban J connectivity index is 1.11. The van der Waals surface area contributed by atoms with Gasteiger partial charge in [-0.2, -0.15) is 0 Å². The number of nitrogens with one attached hydrogen (secondary N) is 1. The van der Waals surface area contributed by atoms with Crippen molar-refractivity contribution in [2.75, 3.05) is 19.6 Å². The van der Waals surface area contributed by atoms with E-state index in [1.165, 1.54) is 23.1 Å². The van der Waals surface area contributed by atoms with Crippen LogP contribution < -0.4 is 0 Å². The van der Waals surface area contributed by atoms with Crippen LogP contribution in [0.2, 0.25) is 0 Å². The fourth-order valence-corrected chi connectivity index (χ4v) is 4.85. The van der Waals surface area contributed by atoms with Crippen molar-refractivity contribution in [2.45, 2.75) is 44.2 Å². The minimum Gasteiger partial charge on any atom is -0.361 e. The average molecular weight is 450 g/mol. The standard InChI is InChI=1S/C26H29F2N5/c27-22-5-1-3-20(15-22)8-9-26(28)10-13-32(14-11-26)12-2-4-21-17-29-25-7-6-23(16-24(21)25)33-18-30-31-19-33/h1,3,5-7,15-19,29H,2,4,8-14H2. The van der Waals surface area contributed by atoms with E-state index in [-0.39, 0.29) is 5.82 Å². The highest BCUT2D eigenvalue weighted by atomic mass is 19.1. The van der Waals surface area contributed by atoms with E-state index in [1.54, 1.807) is 18.7 Å². The number of piperidine rings is 1. The van der Waals surface area contributed by atoms with Gasteiger partial charge in [-0.3, -0.25) is 4.57 Å². The lowest BCUT2D eigenvalue weighted by Crippen LogP contribution is -2.42. The number of nitrogens with zero attached hydrogens (tertiary/aromatic N) is 4. The molecule has 172 valence electrons. The molecule has 0 amide bonds. The summed E-state index contributed by atoms with van der Waals surface area (Å²) in [6.45, 7) is 2.54. The first kappa shape index (κ1) is 21.8. The van der Waals surface area contributed by atoms with Gasteiger partial charge in [0.25, 0.3) is 0 Å². The van der Waals surface area contributed by atoms with Crippen LogP contribution in [-0.4, -0.2) is 50.0 Å². The molecule has 0 atom stereocenters. The van der Waals surface area contributed by atoms with Crippen LogP contribution in [0.4, 0.5) is 8.78 Å². The summed E-state index contributed by atoms with van der Waals surface area (Å²) in [6, 6.07) is 12.8. The van der Waals surface area contributed by atoms with Crippen molar-refractivity contribution >= 4 is 10.9 Å². The summed E-state index contributed by atoms with van der Waals surface area (Å²) < 4.78 is 30.5. The maximum atomic E-state index is 15.3. The molecule has 5 nitrogen and oxygen atoms in total. The van der Waals surface area contributed by atoms with E-state index in [0.717, 1.165) is 49.2 Å². The molecule has 1 saturated heterocycles. The second-order valence-electron chi connectivity index (χ2n) is 9.14. The number of aromatic amines is 1. The third-order valence-electron chi connectivity index (χ3n) is 6.89. The average Bonchev–Trinajstić information content (AvgIpc) is 3.50. The Hall–Kier alpha value is -3.06. The quantitative estimate of drug-likeness (QED) is 0.399. The Bertz CT molecular complexity index is 1190. The second kappa shape index (κ2) is 9.43. The second-order valence-corrected chi connectivity index (χ2v) is 9.14. The lowest BCUT2D eigenvalue weighted by atomic mass is 9.87. The smallest absolute Gasteiger partial charge is 0.123 e. The maximum Gasteiger partial charge on any atom is 0.123 e. The van der Waals surface area contributed by atoms with Gasteiger partial charge in [-0.1, -0.05) is 12.1 Å². The molecule has 2 aromatic heterocycles. The molecular weight excluding hydrogens is 420 g/mol. The minimum absolute atomic E-state index is 0.250. The van der Waals surface area contributed by atoms with Gasteiger partial charge in [-0.05, 0) is 86.5 Å². The molecule has 2 aromatic carbocycles. The summed E-state index contributed by atoms with van der Waals surface area (Å²) in [5.74, 6) is -0.250. The third-order valence-corrected chi connectivity index (χ3v) is 6.89.